The van der Waals surface area contributed by atoms with E-state index in [1.54, 1.807) is 48.4 Å². The lowest BCUT2D eigenvalue weighted by Gasteiger charge is -2.41. The van der Waals surface area contributed by atoms with Crippen LogP contribution in [0.5, 0.6) is 11.5 Å². The van der Waals surface area contributed by atoms with Crippen molar-refractivity contribution >= 4 is 23.2 Å². The summed E-state index contributed by atoms with van der Waals surface area (Å²) in [4.78, 5) is 32.8. The summed E-state index contributed by atoms with van der Waals surface area (Å²) < 4.78 is 35.5. The lowest BCUT2D eigenvalue weighted by molar-refractivity contribution is -0.0107. The highest BCUT2D eigenvalue weighted by Crippen LogP contribution is 2.33. The zero-order chi connectivity index (χ0) is 34.7. The standard InChI is InChI=1S/C36H47N3O8S/c1-6-44-34(41)26-12-14-30(38-22-26)31(39(27-16-18-37-19-17-27)35(42)47-36(2,3)4)20-28(40)24-45-29-13-15-32(33(21-29)48(5)43)46-23-25-10-8-7-9-11-25/h7-15,21-22,27-28,31,37,40H,6,16-20,23-24H2,1-5H3. The number of aliphatic hydroxyl groups is 1. The molecular formula is C36H47N3O8S. The molecule has 1 amide bonds. The lowest BCUT2D eigenvalue weighted by Crippen LogP contribution is -2.50. The van der Waals surface area contributed by atoms with Crippen molar-refractivity contribution in [2.45, 2.75) is 82.2 Å². The minimum Gasteiger partial charge on any atom is -0.612 e. The van der Waals surface area contributed by atoms with E-state index in [1.165, 1.54) is 6.20 Å². The maximum atomic E-state index is 13.8. The summed E-state index contributed by atoms with van der Waals surface area (Å²) in [6.45, 7) is 9.07. The number of esters is 1. The molecule has 2 aromatic carbocycles. The van der Waals surface area contributed by atoms with Crippen LogP contribution < -0.4 is 14.8 Å². The van der Waals surface area contributed by atoms with Crippen molar-refractivity contribution in [2.24, 2.45) is 0 Å². The van der Waals surface area contributed by atoms with E-state index in [2.05, 4.69) is 10.3 Å². The Hall–Kier alpha value is -3.84. The number of carbonyl (C=O) groups excluding carboxylic acids is 2. The van der Waals surface area contributed by atoms with Crippen LogP contribution in [-0.4, -0.2) is 81.9 Å². The number of hydrogen-bond donors (Lipinski definition) is 2. The summed E-state index contributed by atoms with van der Waals surface area (Å²) in [6, 6.07) is 17.2. The molecule has 260 valence electrons. The lowest BCUT2D eigenvalue weighted by atomic mass is 9.97. The molecule has 4 rings (SSSR count). The van der Waals surface area contributed by atoms with Crippen molar-refractivity contribution < 1.29 is 38.2 Å². The average molecular weight is 682 g/mol. The number of benzene rings is 2. The van der Waals surface area contributed by atoms with Crippen LogP contribution in [0.2, 0.25) is 0 Å². The zero-order valence-electron chi connectivity index (χ0n) is 28.3. The predicted octanol–water partition coefficient (Wildman–Crippen LogP) is 5.43. The molecule has 1 saturated heterocycles. The first-order valence-corrected chi connectivity index (χ1v) is 17.8. The van der Waals surface area contributed by atoms with E-state index in [1.807, 2.05) is 51.1 Å². The minimum absolute atomic E-state index is 0.0831. The fourth-order valence-electron chi connectivity index (χ4n) is 5.42. The molecular weight excluding hydrogens is 634 g/mol. The topological polar surface area (TPSA) is 143 Å². The zero-order valence-corrected chi connectivity index (χ0v) is 29.2. The molecule has 12 heteroatoms. The molecule has 11 nitrogen and oxygen atoms in total. The van der Waals surface area contributed by atoms with Gasteiger partial charge in [0.1, 0.15) is 30.8 Å². The highest BCUT2D eigenvalue weighted by Gasteiger charge is 2.37. The molecule has 0 bridgehead atoms. The van der Waals surface area contributed by atoms with Crippen molar-refractivity contribution in [3.63, 3.8) is 0 Å². The number of aromatic nitrogens is 1. The first-order chi connectivity index (χ1) is 22.9. The molecule has 3 unspecified atom stereocenters. The summed E-state index contributed by atoms with van der Waals surface area (Å²) in [5.41, 5.74) is 1.02. The van der Waals surface area contributed by atoms with Crippen LogP contribution in [0.15, 0.2) is 71.8 Å². The molecule has 0 spiro atoms. The molecule has 1 aliphatic rings. The van der Waals surface area contributed by atoms with Gasteiger partial charge in [-0.25, -0.2) is 9.59 Å². The van der Waals surface area contributed by atoms with Gasteiger partial charge in [0.15, 0.2) is 10.6 Å². The van der Waals surface area contributed by atoms with Crippen LogP contribution in [0, 0.1) is 0 Å². The normalized spacial score (nSPS) is 15.6. The number of nitrogens with one attached hydrogen (secondary N) is 1. The number of pyridine rings is 1. The number of hydrogen-bond acceptors (Lipinski definition) is 10. The highest BCUT2D eigenvalue weighted by molar-refractivity contribution is 7.90. The molecule has 2 heterocycles. The van der Waals surface area contributed by atoms with Gasteiger partial charge in [-0.3, -0.25) is 9.88 Å². The highest BCUT2D eigenvalue weighted by atomic mass is 32.2. The van der Waals surface area contributed by atoms with Gasteiger partial charge in [0.2, 0.25) is 0 Å². The smallest absolute Gasteiger partial charge is 0.411 e. The van der Waals surface area contributed by atoms with Crippen LogP contribution in [0.25, 0.3) is 0 Å². The Labute approximate surface area is 286 Å². The maximum Gasteiger partial charge on any atom is 0.411 e. The fourth-order valence-corrected chi connectivity index (χ4v) is 6.11. The van der Waals surface area contributed by atoms with Crippen molar-refractivity contribution in [2.75, 3.05) is 32.6 Å². The summed E-state index contributed by atoms with van der Waals surface area (Å²) in [6.07, 6.45) is 2.92. The van der Waals surface area contributed by atoms with Crippen LogP contribution in [0.3, 0.4) is 0 Å². The van der Waals surface area contributed by atoms with E-state index in [-0.39, 0.29) is 31.2 Å². The predicted molar refractivity (Wildman–Crippen MR) is 183 cm³/mol. The summed E-state index contributed by atoms with van der Waals surface area (Å²) >= 11 is -1.36. The van der Waals surface area contributed by atoms with Gasteiger partial charge >= 0.3 is 12.1 Å². The van der Waals surface area contributed by atoms with Crippen LogP contribution >= 0.6 is 0 Å². The molecule has 3 aromatic rings. The summed E-state index contributed by atoms with van der Waals surface area (Å²) in [5, 5.41) is 14.7. The van der Waals surface area contributed by atoms with Gasteiger partial charge in [-0.2, -0.15) is 0 Å². The number of rotatable bonds is 14. The largest absolute Gasteiger partial charge is 0.612 e. The number of piperidine rings is 1. The van der Waals surface area contributed by atoms with Crippen LogP contribution in [0.1, 0.15) is 74.6 Å². The third-order valence-corrected chi connectivity index (χ3v) is 8.62. The van der Waals surface area contributed by atoms with Crippen molar-refractivity contribution in [3.8, 4) is 11.5 Å². The summed E-state index contributed by atoms with van der Waals surface area (Å²) in [7, 11) is 0. The monoisotopic (exact) mass is 681 g/mol. The second-order valence-corrected chi connectivity index (χ2v) is 14.0. The quantitative estimate of drug-likeness (QED) is 0.167. The Morgan fingerprint density at radius 3 is 2.44 bits per heavy atom. The Morgan fingerprint density at radius 2 is 1.81 bits per heavy atom. The van der Waals surface area contributed by atoms with Gasteiger partial charge in [-0.15, -0.1) is 0 Å². The number of carbonyl (C=O) groups is 2. The fraction of sp³-hybridized carbons (Fsp3) is 0.472. The summed E-state index contributed by atoms with van der Waals surface area (Å²) in [5.74, 6) is 0.412. The molecule has 2 N–H and O–H groups in total. The second-order valence-electron chi connectivity index (χ2n) is 12.6. The average Bonchev–Trinajstić information content (AvgIpc) is 3.06. The first-order valence-electron chi connectivity index (χ1n) is 16.2. The van der Waals surface area contributed by atoms with E-state index < -0.39 is 41.0 Å². The molecule has 1 fully saturated rings. The molecule has 1 aromatic heterocycles. The van der Waals surface area contributed by atoms with Crippen LogP contribution in [-0.2, 0) is 27.3 Å². The third-order valence-electron chi connectivity index (χ3n) is 7.68. The van der Waals surface area contributed by atoms with Gasteiger partial charge in [-0.05, 0) is 94.6 Å². The van der Waals surface area contributed by atoms with Gasteiger partial charge in [0.05, 0.1) is 30.0 Å². The van der Waals surface area contributed by atoms with Gasteiger partial charge < -0.3 is 33.9 Å². The van der Waals surface area contributed by atoms with E-state index in [9.17, 15) is 19.2 Å². The van der Waals surface area contributed by atoms with E-state index in [0.29, 0.717) is 41.5 Å². The van der Waals surface area contributed by atoms with Gasteiger partial charge in [-0.1, -0.05) is 30.3 Å². The molecule has 3 atom stereocenters. The SMILES string of the molecule is CCOC(=O)c1ccc(C(CC(O)COc2ccc(OCc3ccccc3)c([S+](C)[O-])c2)N(C(=O)OC(C)(C)C)C2CCNCC2)nc1. The molecule has 0 saturated carbocycles. The molecule has 0 aliphatic carbocycles. The maximum absolute atomic E-state index is 13.8. The first kappa shape index (κ1) is 37.0. The van der Waals surface area contributed by atoms with Gasteiger partial charge in [0.25, 0.3) is 0 Å². The van der Waals surface area contributed by atoms with Crippen molar-refractivity contribution in [1.82, 2.24) is 15.2 Å². The van der Waals surface area contributed by atoms with Crippen molar-refractivity contribution in [3.05, 3.63) is 83.7 Å². The van der Waals surface area contributed by atoms with Crippen LogP contribution in [0.4, 0.5) is 4.79 Å². The number of aliphatic hydroxyl groups excluding tert-OH is 1. The minimum atomic E-state index is -1.36. The van der Waals surface area contributed by atoms with E-state index >= 15 is 0 Å². The molecule has 1 aliphatic heterocycles. The Balaban J connectivity index is 1.55. The second kappa shape index (κ2) is 17.5. The number of amides is 1. The van der Waals surface area contributed by atoms with Crippen molar-refractivity contribution in [1.29, 1.82) is 0 Å². The molecule has 0 radical (unpaired) electrons. The number of ether oxygens (including phenoxy) is 4. The van der Waals surface area contributed by atoms with E-state index in [0.717, 1.165) is 18.7 Å². The third kappa shape index (κ3) is 10.8. The Bertz CT molecular complexity index is 1460. The van der Waals surface area contributed by atoms with E-state index in [4.69, 9.17) is 18.9 Å². The number of nitrogens with zero attached hydrogens (tertiary/aromatic N) is 2. The Morgan fingerprint density at radius 1 is 1.08 bits per heavy atom. The van der Waals surface area contributed by atoms with Gasteiger partial charge in [0, 0.05) is 24.7 Å². The molecule has 48 heavy (non-hydrogen) atoms. The Kier molecular flexibility index (Phi) is 13.5.